The van der Waals surface area contributed by atoms with E-state index in [-0.39, 0.29) is 5.02 Å². The second-order valence-electron chi connectivity index (χ2n) is 4.60. The van der Waals surface area contributed by atoms with Gasteiger partial charge in [-0.1, -0.05) is 11.6 Å². The normalized spacial score (nSPS) is 15.0. The van der Waals surface area contributed by atoms with Gasteiger partial charge in [-0.15, -0.1) is 11.3 Å². The van der Waals surface area contributed by atoms with Gasteiger partial charge >= 0.3 is 0 Å². The van der Waals surface area contributed by atoms with Crippen LogP contribution in [-0.2, 0) is 6.42 Å². The maximum Gasteiger partial charge on any atom is 0.180 e. The summed E-state index contributed by atoms with van der Waals surface area (Å²) in [6, 6.07) is 4.68. The molecule has 18 heavy (non-hydrogen) atoms. The van der Waals surface area contributed by atoms with Crippen molar-refractivity contribution >= 4 is 28.1 Å². The van der Waals surface area contributed by atoms with Crippen LogP contribution in [0, 0.1) is 11.7 Å². The Labute approximate surface area is 114 Å². The molecule has 1 aromatic heterocycles. The molecule has 0 radical (unpaired) electrons. The van der Waals surface area contributed by atoms with Crippen LogP contribution < -0.4 is 5.73 Å². The molecular formula is C13H12ClFN2S. The zero-order valence-electron chi connectivity index (χ0n) is 9.62. The highest BCUT2D eigenvalue weighted by Crippen LogP contribution is 2.39. The van der Waals surface area contributed by atoms with Crippen molar-refractivity contribution in [3.63, 3.8) is 0 Å². The van der Waals surface area contributed by atoms with Gasteiger partial charge in [-0.25, -0.2) is 9.37 Å². The van der Waals surface area contributed by atoms with Gasteiger partial charge in [0.1, 0.15) is 5.82 Å². The number of nitrogens with zero attached hydrogens (tertiary/aromatic N) is 1. The molecule has 1 fully saturated rings. The van der Waals surface area contributed by atoms with Crippen molar-refractivity contribution in [3.8, 4) is 11.3 Å². The van der Waals surface area contributed by atoms with Crippen molar-refractivity contribution in [1.82, 2.24) is 4.98 Å². The summed E-state index contributed by atoms with van der Waals surface area (Å²) in [5, 5.41) is 0.678. The van der Waals surface area contributed by atoms with Crippen LogP contribution >= 0.6 is 22.9 Å². The fourth-order valence-electron chi connectivity index (χ4n) is 1.96. The van der Waals surface area contributed by atoms with E-state index in [1.54, 1.807) is 12.1 Å². The summed E-state index contributed by atoms with van der Waals surface area (Å²) in [5.41, 5.74) is 7.47. The number of anilines is 1. The van der Waals surface area contributed by atoms with Crippen LogP contribution in [0.15, 0.2) is 18.2 Å². The highest BCUT2D eigenvalue weighted by Gasteiger charge is 2.25. The number of aromatic nitrogens is 1. The van der Waals surface area contributed by atoms with Crippen LogP contribution in [0.3, 0.4) is 0 Å². The predicted molar refractivity (Wildman–Crippen MR) is 73.4 cm³/mol. The second kappa shape index (κ2) is 4.52. The summed E-state index contributed by atoms with van der Waals surface area (Å²) in [6.07, 6.45) is 3.57. The lowest BCUT2D eigenvalue weighted by atomic mass is 10.1. The summed E-state index contributed by atoms with van der Waals surface area (Å²) >= 11 is 7.33. The first-order valence-corrected chi connectivity index (χ1v) is 7.03. The molecule has 0 unspecified atom stereocenters. The van der Waals surface area contributed by atoms with E-state index >= 15 is 0 Å². The number of halogens is 2. The van der Waals surface area contributed by atoms with E-state index < -0.39 is 5.82 Å². The molecule has 1 saturated carbocycles. The lowest BCUT2D eigenvalue weighted by molar-refractivity contribution is 0.628. The van der Waals surface area contributed by atoms with Gasteiger partial charge in [-0.2, -0.15) is 0 Å². The minimum absolute atomic E-state index is 0.122. The van der Waals surface area contributed by atoms with Crippen molar-refractivity contribution in [2.75, 3.05) is 5.73 Å². The summed E-state index contributed by atoms with van der Waals surface area (Å²) in [7, 11) is 0. The fourth-order valence-corrected chi connectivity index (χ4v) is 3.11. The quantitative estimate of drug-likeness (QED) is 0.919. The lowest BCUT2D eigenvalue weighted by Gasteiger charge is -2.03. The molecule has 0 atom stereocenters. The van der Waals surface area contributed by atoms with Crippen LogP contribution in [0.1, 0.15) is 17.7 Å². The highest BCUT2D eigenvalue weighted by molar-refractivity contribution is 7.15. The number of thiazole rings is 1. The van der Waals surface area contributed by atoms with Crippen LogP contribution in [0.4, 0.5) is 9.52 Å². The Kier molecular flexibility index (Phi) is 2.99. The molecule has 3 rings (SSSR count). The molecule has 0 bridgehead atoms. The number of rotatable bonds is 3. The van der Waals surface area contributed by atoms with Crippen molar-refractivity contribution in [2.45, 2.75) is 19.3 Å². The number of nitrogen functional groups attached to an aromatic ring is 1. The third kappa shape index (κ3) is 2.35. The largest absolute Gasteiger partial charge is 0.375 e. The summed E-state index contributed by atoms with van der Waals surface area (Å²) in [5.74, 6) is 0.354. The van der Waals surface area contributed by atoms with E-state index in [4.69, 9.17) is 17.3 Å². The molecule has 0 spiro atoms. The number of benzene rings is 1. The van der Waals surface area contributed by atoms with Gasteiger partial charge < -0.3 is 5.73 Å². The van der Waals surface area contributed by atoms with Crippen LogP contribution in [0.25, 0.3) is 11.3 Å². The smallest absolute Gasteiger partial charge is 0.180 e. The van der Waals surface area contributed by atoms with Gasteiger partial charge in [0.05, 0.1) is 10.7 Å². The van der Waals surface area contributed by atoms with E-state index in [9.17, 15) is 4.39 Å². The molecule has 94 valence electrons. The second-order valence-corrected chi connectivity index (χ2v) is 6.12. The van der Waals surface area contributed by atoms with Crippen LogP contribution in [0.2, 0.25) is 5.02 Å². The SMILES string of the molecule is Nc1nc(-c2ccc(F)c(Cl)c2)c(CC2CC2)s1. The van der Waals surface area contributed by atoms with Gasteiger partial charge in [0.15, 0.2) is 5.13 Å². The Morgan fingerprint density at radius 2 is 2.22 bits per heavy atom. The molecule has 0 saturated heterocycles. The average molecular weight is 283 g/mol. The summed E-state index contributed by atoms with van der Waals surface area (Å²) < 4.78 is 13.2. The van der Waals surface area contributed by atoms with Crippen LogP contribution in [0.5, 0.6) is 0 Å². The molecule has 1 aliphatic rings. The summed E-state index contributed by atoms with van der Waals surface area (Å²) in [6.45, 7) is 0. The van der Waals surface area contributed by atoms with E-state index in [0.29, 0.717) is 5.13 Å². The Morgan fingerprint density at radius 3 is 2.89 bits per heavy atom. The molecule has 0 aliphatic heterocycles. The fraction of sp³-hybridized carbons (Fsp3) is 0.308. The standard InChI is InChI=1S/C13H12ClFN2S/c14-9-6-8(3-4-10(9)15)12-11(5-7-1-2-7)18-13(16)17-12/h3-4,6-7H,1-2,5H2,(H2,16,17). The predicted octanol–water partition coefficient (Wildman–Crippen LogP) is 4.14. The Bertz CT molecular complexity index is 593. The Hall–Kier alpha value is -1.13. The van der Waals surface area contributed by atoms with Gasteiger partial charge in [-0.3, -0.25) is 0 Å². The first kappa shape index (κ1) is 11.9. The average Bonchev–Trinajstić information content (AvgIpc) is 3.06. The molecule has 2 N–H and O–H groups in total. The topological polar surface area (TPSA) is 38.9 Å². The minimum atomic E-state index is -0.410. The van der Waals surface area contributed by atoms with Crippen molar-refractivity contribution < 1.29 is 4.39 Å². The van der Waals surface area contributed by atoms with Gasteiger partial charge in [0.25, 0.3) is 0 Å². The first-order chi connectivity index (χ1) is 8.63. The minimum Gasteiger partial charge on any atom is -0.375 e. The Balaban J connectivity index is 2.00. The molecular weight excluding hydrogens is 271 g/mol. The zero-order chi connectivity index (χ0) is 12.7. The number of hydrogen-bond acceptors (Lipinski definition) is 3. The number of hydrogen-bond donors (Lipinski definition) is 1. The van der Waals surface area contributed by atoms with Crippen LogP contribution in [-0.4, -0.2) is 4.98 Å². The van der Waals surface area contributed by atoms with Gasteiger partial charge in [0, 0.05) is 10.4 Å². The van der Waals surface area contributed by atoms with Crippen molar-refractivity contribution in [1.29, 1.82) is 0 Å². The highest BCUT2D eigenvalue weighted by atomic mass is 35.5. The molecule has 1 aromatic carbocycles. The molecule has 2 aromatic rings. The maximum absolute atomic E-state index is 13.2. The van der Waals surface area contributed by atoms with E-state index in [1.807, 2.05) is 0 Å². The molecule has 0 amide bonds. The third-order valence-electron chi connectivity index (χ3n) is 3.08. The molecule has 1 heterocycles. The van der Waals surface area contributed by atoms with Crippen molar-refractivity contribution in [2.24, 2.45) is 5.92 Å². The third-order valence-corrected chi connectivity index (χ3v) is 4.27. The van der Waals surface area contributed by atoms with Crippen molar-refractivity contribution in [3.05, 3.63) is 33.9 Å². The number of nitrogens with two attached hydrogens (primary N) is 1. The Morgan fingerprint density at radius 1 is 1.44 bits per heavy atom. The monoisotopic (exact) mass is 282 g/mol. The maximum atomic E-state index is 13.2. The first-order valence-electron chi connectivity index (χ1n) is 5.84. The van der Waals surface area contributed by atoms with Gasteiger partial charge in [-0.05, 0) is 43.4 Å². The summed E-state index contributed by atoms with van der Waals surface area (Å²) in [4.78, 5) is 5.53. The van der Waals surface area contributed by atoms with Gasteiger partial charge in [0.2, 0.25) is 0 Å². The zero-order valence-corrected chi connectivity index (χ0v) is 11.2. The van der Waals surface area contributed by atoms with E-state index in [2.05, 4.69) is 4.98 Å². The lowest BCUT2D eigenvalue weighted by Crippen LogP contribution is -1.89. The molecule has 1 aliphatic carbocycles. The van der Waals surface area contributed by atoms with E-state index in [1.165, 1.54) is 35.1 Å². The molecule has 2 nitrogen and oxygen atoms in total. The van der Waals surface area contributed by atoms with E-state index in [0.717, 1.165) is 23.6 Å². The molecule has 5 heteroatoms.